The second-order valence-electron chi connectivity index (χ2n) is 11.2. The van der Waals surface area contributed by atoms with Crippen LogP contribution in [0, 0.1) is 22.7 Å². The largest absolute Gasteiger partial charge is 0.507 e. The van der Waals surface area contributed by atoms with Gasteiger partial charge in [-0.1, -0.05) is 27.7 Å². The maximum absolute atomic E-state index is 11.8. The standard InChI is InChI=1S/C25H34O7/c1-12-6-7-18-23(3,4)21(31-13(2)26)16(27)10-24(18,5)25(12)9-15-17(32-25)8-14-11-30-22(29)19(14)20(15)28/h8,12,16,18,21-22,27-29H,6-7,9-11H2,1-5H3. The van der Waals surface area contributed by atoms with Gasteiger partial charge in [0.15, 0.2) is 6.29 Å². The molecular formula is C25H34O7. The smallest absolute Gasteiger partial charge is 0.303 e. The third-order valence-corrected chi connectivity index (χ3v) is 9.19. The Kier molecular flexibility index (Phi) is 4.70. The number of ether oxygens (including phenoxy) is 3. The van der Waals surface area contributed by atoms with E-state index in [2.05, 4.69) is 27.7 Å². The summed E-state index contributed by atoms with van der Waals surface area (Å²) in [6, 6.07) is 1.89. The molecule has 3 N–H and O–H groups in total. The molecule has 2 saturated carbocycles. The van der Waals surface area contributed by atoms with Crippen LogP contribution < -0.4 is 4.74 Å². The number of aliphatic hydroxyl groups excluding tert-OH is 2. The first-order valence-corrected chi connectivity index (χ1v) is 11.6. The third-order valence-electron chi connectivity index (χ3n) is 9.19. The fourth-order valence-electron chi connectivity index (χ4n) is 7.73. The average Bonchev–Trinajstić information content (AvgIpc) is 3.26. The number of fused-ring (bicyclic) bond motifs is 4. The molecule has 2 fully saturated rings. The lowest BCUT2D eigenvalue weighted by molar-refractivity contribution is -0.246. The maximum atomic E-state index is 11.8. The number of aromatic hydroxyl groups is 1. The zero-order valence-electron chi connectivity index (χ0n) is 19.5. The summed E-state index contributed by atoms with van der Waals surface area (Å²) in [6.07, 6.45) is 0.333. The predicted octanol–water partition coefficient (Wildman–Crippen LogP) is 3.36. The highest BCUT2D eigenvalue weighted by Crippen LogP contribution is 2.67. The summed E-state index contributed by atoms with van der Waals surface area (Å²) in [5, 5.41) is 32.4. The number of rotatable bonds is 1. The molecule has 7 atom stereocenters. The van der Waals surface area contributed by atoms with E-state index in [9.17, 15) is 20.1 Å². The molecule has 7 nitrogen and oxygen atoms in total. The molecule has 0 saturated heterocycles. The summed E-state index contributed by atoms with van der Waals surface area (Å²) < 4.78 is 17.7. The molecule has 2 aliphatic carbocycles. The molecule has 7 heteroatoms. The zero-order valence-corrected chi connectivity index (χ0v) is 19.5. The molecule has 1 aromatic carbocycles. The number of hydrogen-bond donors (Lipinski definition) is 3. The van der Waals surface area contributed by atoms with Crippen LogP contribution in [0.5, 0.6) is 11.5 Å². The molecule has 7 unspecified atom stereocenters. The van der Waals surface area contributed by atoms with Crippen molar-refractivity contribution in [2.24, 2.45) is 22.7 Å². The molecule has 4 aliphatic rings. The van der Waals surface area contributed by atoms with Gasteiger partial charge in [-0.05, 0) is 42.7 Å². The first-order valence-electron chi connectivity index (χ1n) is 11.6. The van der Waals surface area contributed by atoms with E-state index in [0.29, 0.717) is 29.7 Å². The number of benzene rings is 1. The van der Waals surface area contributed by atoms with Gasteiger partial charge in [-0.25, -0.2) is 0 Å². The Balaban J connectivity index is 1.59. The minimum Gasteiger partial charge on any atom is -0.507 e. The normalized spacial score (nSPS) is 41.5. The highest BCUT2D eigenvalue weighted by atomic mass is 16.6. The topological polar surface area (TPSA) is 105 Å². The summed E-state index contributed by atoms with van der Waals surface area (Å²) >= 11 is 0. The van der Waals surface area contributed by atoms with E-state index in [4.69, 9.17) is 14.2 Å². The molecule has 0 aromatic heterocycles. The van der Waals surface area contributed by atoms with Gasteiger partial charge in [0.05, 0.1) is 18.3 Å². The molecule has 0 bridgehead atoms. The summed E-state index contributed by atoms with van der Waals surface area (Å²) in [6.45, 7) is 10.2. The second-order valence-corrected chi connectivity index (χ2v) is 11.2. The molecule has 32 heavy (non-hydrogen) atoms. The van der Waals surface area contributed by atoms with Crippen LogP contribution in [0.15, 0.2) is 6.07 Å². The minimum absolute atomic E-state index is 0.0608. The molecule has 0 amide bonds. The number of carbonyl (C=O) groups is 1. The van der Waals surface area contributed by atoms with E-state index in [-0.39, 0.29) is 30.2 Å². The third kappa shape index (κ3) is 2.68. The summed E-state index contributed by atoms with van der Waals surface area (Å²) in [5.74, 6) is 0.665. The van der Waals surface area contributed by atoms with Crippen molar-refractivity contribution in [1.29, 1.82) is 0 Å². The Morgan fingerprint density at radius 3 is 2.62 bits per heavy atom. The van der Waals surface area contributed by atoms with Gasteiger partial charge in [0, 0.05) is 29.7 Å². The zero-order chi connectivity index (χ0) is 23.2. The maximum Gasteiger partial charge on any atom is 0.303 e. The quantitative estimate of drug-likeness (QED) is 0.568. The van der Waals surface area contributed by atoms with E-state index >= 15 is 0 Å². The predicted molar refractivity (Wildman–Crippen MR) is 115 cm³/mol. The Bertz CT molecular complexity index is 972. The number of phenolic OH excluding ortho intramolecular Hbond substituents is 1. The van der Waals surface area contributed by atoms with Crippen molar-refractivity contribution in [2.75, 3.05) is 0 Å². The fraction of sp³-hybridized carbons (Fsp3) is 0.720. The van der Waals surface area contributed by atoms with Crippen molar-refractivity contribution in [3.63, 3.8) is 0 Å². The van der Waals surface area contributed by atoms with Crippen LogP contribution in [0.3, 0.4) is 0 Å². The fourth-order valence-corrected chi connectivity index (χ4v) is 7.73. The van der Waals surface area contributed by atoms with Gasteiger partial charge in [-0.15, -0.1) is 0 Å². The van der Waals surface area contributed by atoms with E-state index in [1.807, 2.05) is 6.07 Å². The lowest BCUT2D eigenvalue weighted by Gasteiger charge is -2.65. The van der Waals surface area contributed by atoms with Crippen molar-refractivity contribution in [3.8, 4) is 11.5 Å². The Labute approximate surface area is 188 Å². The molecule has 1 aromatic rings. The van der Waals surface area contributed by atoms with Gasteiger partial charge < -0.3 is 29.5 Å². The Morgan fingerprint density at radius 1 is 1.22 bits per heavy atom. The van der Waals surface area contributed by atoms with Crippen molar-refractivity contribution in [1.82, 2.24) is 0 Å². The Morgan fingerprint density at radius 2 is 1.94 bits per heavy atom. The molecule has 5 rings (SSSR count). The monoisotopic (exact) mass is 446 g/mol. The summed E-state index contributed by atoms with van der Waals surface area (Å²) in [4.78, 5) is 11.8. The molecular weight excluding hydrogens is 412 g/mol. The first kappa shape index (κ1) is 22.0. The minimum atomic E-state index is -1.13. The van der Waals surface area contributed by atoms with Crippen LogP contribution >= 0.6 is 0 Å². The van der Waals surface area contributed by atoms with E-state index < -0.39 is 34.9 Å². The second kappa shape index (κ2) is 6.84. The summed E-state index contributed by atoms with van der Waals surface area (Å²) in [5.41, 5.74) is 0.419. The van der Waals surface area contributed by atoms with Crippen LogP contribution in [0.25, 0.3) is 0 Å². The van der Waals surface area contributed by atoms with Gasteiger partial charge >= 0.3 is 5.97 Å². The lowest BCUT2D eigenvalue weighted by Crippen LogP contribution is -2.69. The number of aliphatic hydroxyl groups is 2. The van der Waals surface area contributed by atoms with E-state index in [1.165, 1.54) is 6.92 Å². The molecule has 2 aliphatic heterocycles. The number of phenols is 1. The summed E-state index contributed by atoms with van der Waals surface area (Å²) in [7, 11) is 0. The van der Waals surface area contributed by atoms with Crippen molar-refractivity contribution >= 4 is 5.97 Å². The number of carbonyl (C=O) groups excluding carboxylic acids is 1. The molecule has 176 valence electrons. The van der Waals surface area contributed by atoms with Crippen molar-refractivity contribution < 1.29 is 34.3 Å². The average molecular weight is 447 g/mol. The molecule has 0 radical (unpaired) electrons. The Hall–Kier alpha value is -1.83. The van der Waals surface area contributed by atoms with Crippen LogP contribution in [0.2, 0.25) is 0 Å². The van der Waals surface area contributed by atoms with Crippen LogP contribution in [-0.2, 0) is 27.3 Å². The molecule has 1 spiro atoms. The van der Waals surface area contributed by atoms with Gasteiger partial charge in [0.2, 0.25) is 0 Å². The SMILES string of the molecule is CC(=O)OC1C(O)CC2(C)C(CCC(C)C23Cc2c(cc4c(c2O)C(O)OC4)O3)C1(C)C. The number of hydrogen-bond acceptors (Lipinski definition) is 7. The van der Waals surface area contributed by atoms with Gasteiger partial charge in [0.25, 0.3) is 0 Å². The highest BCUT2D eigenvalue weighted by molar-refractivity contribution is 5.66. The van der Waals surface area contributed by atoms with Crippen molar-refractivity contribution in [2.45, 2.75) is 91.0 Å². The van der Waals surface area contributed by atoms with Crippen molar-refractivity contribution in [3.05, 3.63) is 22.8 Å². The number of esters is 1. The van der Waals surface area contributed by atoms with E-state index in [0.717, 1.165) is 18.4 Å². The van der Waals surface area contributed by atoms with Crippen LogP contribution in [0.4, 0.5) is 0 Å². The van der Waals surface area contributed by atoms with Crippen LogP contribution in [0.1, 0.15) is 76.9 Å². The first-order chi connectivity index (χ1) is 14.9. The van der Waals surface area contributed by atoms with Gasteiger partial charge in [-0.3, -0.25) is 4.79 Å². The lowest BCUT2D eigenvalue weighted by atomic mass is 9.43. The van der Waals surface area contributed by atoms with Gasteiger partial charge in [0.1, 0.15) is 23.2 Å². The van der Waals surface area contributed by atoms with E-state index in [1.54, 1.807) is 0 Å². The van der Waals surface area contributed by atoms with Crippen LogP contribution in [-0.4, -0.2) is 39.1 Å². The molecule has 2 heterocycles. The highest BCUT2D eigenvalue weighted by Gasteiger charge is 2.69. The van der Waals surface area contributed by atoms with Gasteiger partial charge in [-0.2, -0.15) is 0 Å².